The van der Waals surface area contributed by atoms with E-state index >= 15 is 0 Å². The van der Waals surface area contributed by atoms with Crippen LogP contribution in [0.4, 0.5) is 8.78 Å². The van der Waals surface area contributed by atoms with E-state index in [0.29, 0.717) is 19.6 Å². The first-order chi connectivity index (χ1) is 8.54. The highest BCUT2D eigenvalue weighted by Gasteiger charge is 2.10. The van der Waals surface area contributed by atoms with Crippen molar-refractivity contribution in [2.75, 3.05) is 20.3 Å². The second kappa shape index (κ2) is 7.28. The molecule has 100 valence electrons. The van der Waals surface area contributed by atoms with Gasteiger partial charge in [-0.3, -0.25) is 4.79 Å². The summed E-state index contributed by atoms with van der Waals surface area (Å²) >= 11 is 5.87. The molecule has 1 aromatic rings. The van der Waals surface area contributed by atoms with E-state index in [9.17, 15) is 13.6 Å². The number of benzene rings is 1. The van der Waals surface area contributed by atoms with E-state index in [2.05, 4.69) is 5.32 Å². The number of halogens is 3. The molecule has 1 N–H and O–H groups in total. The van der Waals surface area contributed by atoms with Crippen LogP contribution in [0.2, 0.25) is 0 Å². The molecule has 1 amide bonds. The highest BCUT2D eigenvalue weighted by Crippen LogP contribution is 2.08. The number of hydrogen-bond acceptors (Lipinski definition) is 2. The summed E-state index contributed by atoms with van der Waals surface area (Å²) in [5.74, 6) is -2.49. The second-order valence-electron chi connectivity index (χ2n) is 3.73. The van der Waals surface area contributed by atoms with Crippen molar-refractivity contribution in [1.29, 1.82) is 0 Å². The number of hydrogen-bond donors (Lipinski definition) is 1. The molecule has 0 spiro atoms. The maximum Gasteiger partial charge on any atom is 0.251 e. The molecule has 3 nitrogen and oxygen atoms in total. The fourth-order valence-corrected chi connectivity index (χ4v) is 1.58. The zero-order valence-corrected chi connectivity index (χ0v) is 10.6. The summed E-state index contributed by atoms with van der Waals surface area (Å²) in [5.41, 5.74) is 0.0757. The van der Waals surface area contributed by atoms with Crippen molar-refractivity contribution < 1.29 is 18.3 Å². The van der Waals surface area contributed by atoms with Crippen molar-refractivity contribution in [1.82, 2.24) is 5.32 Å². The lowest BCUT2D eigenvalue weighted by atomic mass is 10.2. The van der Waals surface area contributed by atoms with Gasteiger partial charge in [0.2, 0.25) is 0 Å². The summed E-state index contributed by atoms with van der Waals surface area (Å²) in [4.78, 5) is 11.6. The van der Waals surface area contributed by atoms with E-state index in [1.54, 1.807) is 0 Å². The molecular weight excluding hydrogens is 264 g/mol. The Bertz CT molecular complexity index is 415. The SMILES string of the molecule is COCC(Cl)CCNC(=O)c1ccc(F)c(F)c1. The monoisotopic (exact) mass is 277 g/mol. The Morgan fingerprint density at radius 2 is 2.17 bits per heavy atom. The summed E-state index contributed by atoms with van der Waals surface area (Å²) in [6.07, 6.45) is 0.533. The first-order valence-electron chi connectivity index (χ1n) is 5.41. The van der Waals surface area contributed by atoms with Gasteiger partial charge in [0, 0.05) is 19.2 Å². The smallest absolute Gasteiger partial charge is 0.251 e. The van der Waals surface area contributed by atoms with Crippen molar-refractivity contribution in [3.05, 3.63) is 35.4 Å². The molecule has 0 bridgehead atoms. The predicted molar refractivity (Wildman–Crippen MR) is 64.8 cm³/mol. The standard InChI is InChI=1S/C12H14ClF2NO2/c1-18-7-9(13)4-5-16-12(17)8-2-3-10(14)11(15)6-8/h2-3,6,9H,4-5,7H2,1H3,(H,16,17). The number of alkyl halides is 1. The van der Waals surface area contributed by atoms with Crippen molar-refractivity contribution in [2.24, 2.45) is 0 Å². The predicted octanol–water partition coefficient (Wildman–Crippen LogP) is 2.34. The van der Waals surface area contributed by atoms with Crippen molar-refractivity contribution in [3.63, 3.8) is 0 Å². The van der Waals surface area contributed by atoms with Gasteiger partial charge in [-0.05, 0) is 24.6 Å². The summed E-state index contributed by atoms with van der Waals surface area (Å²) in [6, 6.07) is 3.00. The Labute approximate surface area is 109 Å². The minimum absolute atomic E-state index is 0.0757. The Balaban J connectivity index is 2.43. The van der Waals surface area contributed by atoms with E-state index in [-0.39, 0.29) is 10.9 Å². The van der Waals surface area contributed by atoms with E-state index in [0.717, 1.165) is 12.1 Å². The normalized spacial score (nSPS) is 12.2. The third-order valence-electron chi connectivity index (χ3n) is 2.27. The molecule has 0 radical (unpaired) electrons. The van der Waals surface area contributed by atoms with Crippen LogP contribution in [0.3, 0.4) is 0 Å². The van der Waals surface area contributed by atoms with Gasteiger partial charge >= 0.3 is 0 Å². The van der Waals surface area contributed by atoms with E-state index < -0.39 is 17.5 Å². The van der Waals surface area contributed by atoms with Gasteiger partial charge in [-0.15, -0.1) is 11.6 Å². The minimum atomic E-state index is -1.04. The van der Waals surface area contributed by atoms with Crippen LogP contribution >= 0.6 is 11.6 Å². The van der Waals surface area contributed by atoms with Crippen molar-refractivity contribution >= 4 is 17.5 Å². The lowest BCUT2D eigenvalue weighted by Crippen LogP contribution is -2.27. The van der Waals surface area contributed by atoms with Crippen LogP contribution in [0.5, 0.6) is 0 Å². The van der Waals surface area contributed by atoms with Gasteiger partial charge in [0.15, 0.2) is 11.6 Å². The Hall–Kier alpha value is -1.20. The van der Waals surface area contributed by atoms with Gasteiger partial charge in [0.25, 0.3) is 5.91 Å². The summed E-state index contributed by atoms with van der Waals surface area (Å²) < 4.78 is 30.4. The molecule has 1 atom stereocenters. The van der Waals surface area contributed by atoms with Crippen LogP contribution in [-0.2, 0) is 4.74 Å². The fraction of sp³-hybridized carbons (Fsp3) is 0.417. The molecule has 0 saturated carbocycles. The number of rotatable bonds is 6. The molecule has 6 heteroatoms. The molecule has 1 unspecified atom stereocenters. The lowest BCUT2D eigenvalue weighted by molar-refractivity contribution is 0.0951. The summed E-state index contributed by atoms with van der Waals surface area (Å²) in [7, 11) is 1.54. The number of nitrogens with one attached hydrogen (secondary N) is 1. The van der Waals surface area contributed by atoms with E-state index in [1.807, 2.05) is 0 Å². The van der Waals surface area contributed by atoms with Crippen LogP contribution < -0.4 is 5.32 Å². The molecule has 0 aliphatic rings. The van der Waals surface area contributed by atoms with Gasteiger partial charge in [0.05, 0.1) is 12.0 Å². The average molecular weight is 278 g/mol. The maximum absolute atomic E-state index is 12.9. The van der Waals surface area contributed by atoms with Crippen LogP contribution in [0, 0.1) is 11.6 Å². The zero-order valence-electron chi connectivity index (χ0n) is 9.88. The number of carbonyl (C=O) groups is 1. The summed E-state index contributed by atoms with van der Waals surface area (Å²) in [6.45, 7) is 0.734. The van der Waals surface area contributed by atoms with E-state index in [4.69, 9.17) is 16.3 Å². The Morgan fingerprint density at radius 3 is 2.78 bits per heavy atom. The summed E-state index contributed by atoms with van der Waals surface area (Å²) in [5, 5.41) is 2.37. The zero-order chi connectivity index (χ0) is 13.5. The van der Waals surface area contributed by atoms with E-state index in [1.165, 1.54) is 13.2 Å². The molecule has 0 aliphatic carbocycles. The van der Waals surface area contributed by atoms with Crippen molar-refractivity contribution in [3.8, 4) is 0 Å². The average Bonchev–Trinajstić information content (AvgIpc) is 2.33. The number of ether oxygens (including phenoxy) is 1. The number of methoxy groups -OCH3 is 1. The molecule has 0 fully saturated rings. The highest BCUT2D eigenvalue weighted by atomic mass is 35.5. The first kappa shape index (κ1) is 14.9. The van der Waals surface area contributed by atoms with Crippen molar-refractivity contribution in [2.45, 2.75) is 11.8 Å². The van der Waals surface area contributed by atoms with Gasteiger partial charge in [0.1, 0.15) is 0 Å². The molecular formula is C12H14ClF2NO2. The molecule has 1 rings (SSSR count). The first-order valence-corrected chi connectivity index (χ1v) is 5.84. The topological polar surface area (TPSA) is 38.3 Å². The molecule has 1 aromatic carbocycles. The fourth-order valence-electron chi connectivity index (χ4n) is 1.35. The molecule has 0 aromatic heterocycles. The Morgan fingerprint density at radius 1 is 1.44 bits per heavy atom. The third-order valence-corrected chi connectivity index (χ3v) is 2.62. The second-order valence-corrected chi connectivity index (χ2v) is 4.34. The Kier molecular flexibility index (Phi) is 6.01. The third kappa shape index (κ3) is 4.58. The molecule has 18 heavy (non-hydrogen) atoms. The van der Waals surface area contributed by atoms with Gasteiger partial charge in [-0.1, -0.05) is 0 Å². The quantitative estimate of drug-likeness (QED) is 0.811. The number of amides is 1. The highest BCUT2D eigenvalue weighted by molar-refractivity contribution is 6.20. The largest absolute Gasteiger partial charge is 0.383 e. The van der Waals surface area contributed by atoms with Crippen LogP contribution in [0.1, 0.15) is 16.8 Å². The minimum Gasteiger partial charge on any atom is -0.383 e. The van der Waals surface area contributed by atoms with Crippen LogP contribution in [-0.4, -0.2) is 31.5 Å². The van der Waals surface area contributed by atoms with Gasteiger partial charge < -0.3 is 10.1 Å². The van der Waals surface area contributed by atoms with Crippen LogP contribution in [0.25, 0.3) is 0 Å². The van der Waals surface area contributed by atoms with Gasteiger partial charge in [-0.25, -0.2) is 8.78 Å². The maximum atomic E-state index is 12.9. The van der Waals surface area contributed by atoms with Crippen LogP contribution in [0.15, 0.2) is 18.2 Å². The van der Waals surface area contributed by atoms with Gasteiger partial charge in [-0.2, -0.15) is 0 Å². The lowest BCUT2D eigenvalue weighted by Gasteiger charge is -2.09. The molecule has 0 saturated heterocycles. The molecule has 0 aliphatic heterocycles. The molecule has 0 heterocycles. The number of carbonyl (C=O) groups excluding carboxylic acids is 1.